The van der Waals surface area contributed by atoms with Gasteiger partial charge in [-0.3, -0.25) is 19.2 Å². The van der Waals surface area contributed by atoms with E-state index in [1.165, 1.54) is 13.8 Å². The second-order valence-corrected chi connectivity index (χ2v) is 8.04. The normalized spacial score (nSPS) is 14.9. The van der Waals surface area contributed by atoms with Crippen molar-refractivity contribution >= 4 is 29.1 Å². The number of esters is 1. The summed E-state index contributed by atoms with van der Waals surface area (Å²) < 4.78 is 16.2. The molecule has 2 aliphatic rings. The first-order chi connectivity index (χ1) is 15.8. The number of fused-ring (bicyclic) bond motifs is 2. The van der Waals surface area contributed by atoms with E-state index < -0.39 is 12.1 Å². The number of anilines is 1. The van der Waals surface area contributed by atoms with Crippen LogP contribution in [0.1, 0.15) is 53.0 Å². The van der Waals surface area contributed by atoms with Gasteiger partial charge in [0.25, 0.3) is 0 Å². The van der Waals surface area contributed by atoms with Gasteiger partial charge >= 0.3 is 5.97 Å². The van der Waals surface area contributed by atoms with Gasteiger partial charge in [0, 0.05) is 36.7 Å². The molecule has 1 amide bonds. The van der Waals surface area contributed by atoms with Crippen LogP contribution in [0.3, 0.4) is 0 Å². The molecular weight excluding hydrogens is 426 g/mol. The van der Waals surface area contributed by atoms with Gasteiger partial charge in [-0.2, -0.15) is 0 Å². The van der Waals surface area contributed by atoms with Crippen molar-refractivity contribution in [3.63, 3.8) is 0 Å². The Morgan fingerprint density at radius 3 is 2.45 bits per heavy atom. The predicted octanol–water partition coefficient (Wildman–Crippen LogP) is 3.14. The SMILES string of the molecule is CC(=O)N1CCc2cc(C(=O)[C@H](C)OC(=O)CCC(=O)c3ccc4c(c3)OCCO4)ccc21. The van der Waals surface area contributed by atoms with Gasteiger partial charge in [-0.05, 0) is 55.3 Å². The number of hydrogen-bond acceptors (Lipinski definition) is 7. The summed E-state index contributed by atoms with van der Waals surface area (Å²) in [6.07, 6.45) is -0.487. The average molecular weight is 451 g/mol. The van der Waals surface area contributed by atoms with Crippen molar-refractivity contribution in [3.8, 4) is 11.5 Å². The first-order valence-electron chi connectivity index (χ1n) is 10.9. The summed E-state index contributed by atoms with van der Waals surface area (Å²) in [5.41, 5.74) is 2.57. The predicted molar refractivity (Wildman–Crippen MR) is 119 cm³/mol. The summed E-state index contributed by atoms with van der Waals surface area (Å²) in [4.78, 5) is 50.8. The number of benzene rings is 2. The highest BCUT2D eigenvalue weighted by molar-refractivity contribution is 6.02. The van der Waals surface area contributed by atoms with Gasteiger partial charge in [0.1, 0.15) is 13.2 Å². The van der Waals surface area contributed by atoms with Crippen molar-refractivity contribution in [1.29, 1.82) is 0 Å². The molecule has 0 saturated carbocycles. The number of carbonyl (C=O) groups is 4. The number of ketones is 2. The quantitative estimate of drug-likeness (QED) is 0.471. The van der Waals surface area contributed by atoms with E-state index >= 15 is 0 Å². The van der Waals surface area contributed by atoms with Crippen LogP contribution in [0.5, 0.6) is 11.5 Å². The van der Waals surface area contributed by atoms with E-state index in [2.05, 4.69) is 0 Å². The molecule has 8 nitrogen and oxygen atoms in total. The van der Waals surface area contributed by atoms with Gasteiger partial charge in [-0.15, -0.1) is 0 Å². The Morgan fingerprint density at radius 2 is 1.70 bits per heavy atom. The standard InChI is InChI=1S/C25H25NO7/c1-15(25(30)19-3-5-20-17(13-19)9-10-26(20)16(2)27)33-24(29)8-6-21(28)18-4-7-22-23(14-18)32-12-11-31-22/h3-5,7,13-15H,6,8-12H2,1-2H3/t15-/m0/s1. The van der Waals surface area contributed by atoms with E-state index in [1.54, 1.807) is 41.3 Å². The van der Waals surface area contributed by atoms with E-state index in [-0.39, 0.29) is 30.3 Å². The average Bonchev–Trinajstić information content (AvgIpc) is 3.25. The third-order valence-electron chi connectivity index (χ3n) is 5.74. The second-order valence-electron chi connectivity index (χ2n) is 8.04. The lowest BCUT2D eigenvalue weighted by atomic mass is 10.0. The third kappa shape index (κ3) is 4.89. The zero-order valence-electron chi connectivity index (χ0n) is 18.6. The fourth-order valence-corrected chi connectivity index (χ4v) is 4.00. The molecule has 0 bridgehead atoms. The third-order valence-corrected chi connectivity index (χ3v) is 5.74. The number of nitrogens with zero attached hydrogens (tertiary/aromatic N) is 1. The lowest BCUT2D eigenvalue weighted by Crippen LogP contribution is -2.26. The molecule has 2 heterocycles. The van der Waals surface area contributed by atoms with Crippen LogP contribution in [0, 0.1) is 0 Å². The smallest absolute Gasteiger partial charge is 0.306 e. The molecule has 2 aromatic carbocycles. The van der Waals surface area contributed by atoms with Gasteiger partial charge in [-0.1, -0.05) is 0 Å². The molecule has 172 valence electrons. The largest absolute Gasteiger partial charge is 0.486 e. The Balaban J connectivity index is 1.31. The number of rotatable bonds is 7. The Kier molecular flexibility index (Phi) is 6.44. The topological polar surface area (TPSA) is 99.2 Å². The van der Waals surface area contributed by atoms with E-state index in [1.807, 2.05) is 0 Å². The molecule has 4 rings (SSSR count). The Bertz CT molecular complexity index is 1120. The van der Waals surface area contributed by atoms with Gasteiger partial charge < -0.3 is 19.1 Å². The number of Topliss-reactive ketones (excluding diaryl/α,β-unsaturated/α-hetero) is 2. The molecule has 2 aromatic rings. The van der Waals surface area contributed by atoms with E-state index in [0.717, 1.165) is 11.3 Å². The van der Waals surface area contributed by atoms with Crippen LogP contribution in [0.15, 0.2) is 36.4 Å². The molecule has 0 aliphatic carbocycles. The van der Waals surface area contributed by atoms with E-state index in [4.69, 9.17) is 14.2 Å². The van der Waals surface area contributed by atoms with Crippen molar-refractivity contribution < 1.29 is 33.4 Å². The van der Waals surface area contributed by atoms with E-state index in [0.29, 0.717) is 48.8 Å². The summed E-state index contributed by atoms with van der Waals surface area (Å²) in [6.45, 7) is 4.49. The fourth-order valence-electron chi connectivity index (χ4n) is 4.00. The van der Waals surface area contributed by atoms with Gasteiger partial charge in [0.15, 0.2) is 23.4 Å². The summed E-state index contributed by atoms with van der Waals surface area (Å²) in [5.74, 6) is -0.117. The lowest BCUT2D eigenvalue weighted by molar-refractivity contribution is -0.146. The number of hydrogen-bond donors (Lipinski definition) is 0. The van der Waals surface area contributed by atoms with Crippen molar-refractivity contribution in [3.05, 3.63) is 53.1 Å². The maximum absolute atomic E-state index is 12.7. The van der Waals surface area contributed by atoms with Crippen LogP contribution >= 0.6 is 0 Å². The zero-order chi connectivity index (χ0) is 23.5. The van der Waals surface area contributed by atoms with Crippen molar-refractivity contribution in [2.75, 3.05) is 24.7 Å². The molecule has 0 aromatic heterocycles. The van der Waals surface area contributed by atoms with Crippen molar-refractivity contribution in [2.24, 2.45) is 0 Å². The maximum atomic E-state index is 12.7. The second kappa shape index (κ2) is 9.44. The number of ether oxygens (including phenoxy) is 3. The molecule has 33 heavy (non-hydrogen) atoms. The minimum Gasteiger partial charge on any atom is -0.486 e. The molecule has 0 spiro atoms. The minimum absolute atomic E-state index is 0.0408. The van der Waals surface area contributed by atoms with Crippen LogP contribution in [0.4, 0.5) is 5.69 Å². The Hall–Kier alpha value is -3.68. The maximum Gasteiger partial charge on any atom is 0.306 e. The molecule has 1 atom stereocenters. The first-order valence-corrected chi connectivity index (χ1v) is 10.9. The summed E-state index contributed by atoms with van der Waals surface area (Å²) >= 11 is 0. The molecule has 0 unspecified atom stereocenters. The number of carbonyl (C=O) groups excluding carboxylic acids is 4. The number of amides is 1. The molecule has 8 heteroatoms. The summed E-state index contributed by atoms with van der Waals surface area (Å²) in [7, 11) is 0. The van der Waals surface area contributed by atoms with Gasteiger partial charge in [0.05, 0.1) is 6.42 Å². The molecule has 0 saturated heterocycles. The van der Waals surface area contributed by atoms with Crippen LogP contribution in [-0.4, -0.2) is 49.3 Å². The van der Waals surface area contributed by atoms with Crippen molar-refractivity contribution in [2.45, 2.75) is 39.2 Å². The Labute approximate surface area is 191 Å². The van der Waals surface area contributed by atoms with E-state index in [9.17, 15) is 19.2 Å². The Morgan fingerprint density at radius 1 is 0.970 bits per heavy atom. The first kappa shape index (κ1) is 22.5. The molecule has 0 N–H and O–H groups in total. The highest BCUT2D eigenvalue weighted by Crippen LogP contribution is 2.31. The van der Waals surface area contributed by atoms with Crippen molar-refractivity contribution in [1.82, 2.24) is 0 Å². The van der Waals surface area contributed by atoms with Gasteiger partial charge in [-0.25, -0.2) is 0 Å². The highest BCUT2D eigenvalue weighted by Gasteiger charge is 2.26. The van der Waals surface area contributed by atoms with Crippen LogP contribution in [-0.2, 0) is 20.7 Å². The zero-order valence-corrected chi connectivity index (χ0v) is 18.6. The van der Waals surface area contributed by atoms with Crippen LogP contribution in [0.25, 0.3) is 0 Å². The molecule has 0 fully saturated rings. The summed E-state index contributed by atoms with van der Waals surface area (Å²) in [5, 5.41) is 0. The summed E-state index contributed by atoms with van der Waals surface area (Å²) in [6, 6.07) is 10.0. The van der Waals surface area contributed by atoms with Gasteiger partial charge in [0.2, 0.25) is 11.7 Å². The van der Waals surface area contributed by atoms with Crippen LogP contribution in [0.2, 0.25) is 0 Å². The molecular formula is C25H25NO7. The minimum atomic E-state index is -0.981. The fraction of sp³-hybridized carbons (Fsp3) is 0.360. The lowest BCUT2D eigenvalue weighted by Gasteiger charge is -2.18. The highest BCUT2D eigenvalue weighted by atomic mass is 16.6. The monoisotopic (exact) mass is 451 g/mol. The molecule has 2 aliphatic heterocycles. The molecule has 0 radical (unpaired) electrons. The van der Waals surface area contributed by atoms with Crippen LogP contribution < -0.4 is 14.4 Å².